The van der Waals surface area contributed by atoms with E-state index in [1.165, 1.54) is 12.0 Å². The number of aromatic nitrogens is 3. The molecule has 1 aliphatic heterocycles. The summed E-state index contributed by atoms with van der Waals surface area (Å²) < 4.78 is 1.90. The smallest absolute Gasteiger partial charge is 0.156 e. The minimum Gasteiger partial charge on any atom is -0.353 e. The van der Waals surface area contributed by atoms with Gasteiger partial charge in [0.1, 0.15) is 11.8 Å². The van der Waals surface area contributed by atoms with Crippen LogP contribution in [0.3, 0.4) is 0 Å². The number of hydrogen-bond acceptors (Lipinski definition) is 4. The standard InChI is InChI=1S/C20H25N5/c1-16-10-12-24(13-17-7-4-3-5-8-17)14-19(16)23(2)20-18-9-6-11-25(18)22-15-21-20/h3-9,11,15-16,19H,10,12-14H2,1-2H3/t16-,19+/m1/s1. The summed E-state index contributed by atoms with van der Waals surface area (Å²) in [6.45, 7) is 5.59. The van der Waals surface area contributed by atoms with E-state index in [2.05, 4.69) is 70.3 Å². The van der Waals surface area contributed by atoms with Crippen molar-refractivity contribution in [1.29, 1.82) is 0 Å². The normalized spacial score (nSPS) is 21.5. The zero-order valence-electron chi connectivity index (χ0n) is 14.9. The Labute approximate surface area is 148 Å². The predicted molar refractivity (Wildman–Crippen MR) is 101 cm³/mol. The monoisotopic (exact) mass is 335 g/mol. The van der Waals surface area contributed by atoms with Gasteiger partial charge in [0.2, 0.25) is 0 Å². The fraction of sp³-hybridized carbons (Fsp3) is 0.400. The highest BCUT2D eigenvalue weighted by Crippen LogP contribution is 2.27. The van der Waals surface area contributed by atoms with Crippen LogP contribution >= 0.6 is 0 Å². The van der Waals surface area contributed by atoms with Crippen LogP contribution in [-0.4, -0.2) is 45.7 Å². The highest BCUT2D eigenvalue weighted by molar-refractivity contribution is 5.68. The van der Waals surface area contributed by atoms with Crippen LogP contribution < -0.4 is 4.90 Å². The quantitative estimate of drug-likeness (QED) is 0.734. The second kappa shape index (κ2) is 6.84. The summed E-state index contributed by atoms with van der Waals surface area (Å²) in [5, 5.41) is 4.29. The first kappa shape index (κ1) is 16.1. The molecule has 130 valence electrons. The topological polar surface area (TPSA) is 36.7 Å². The Balaban J connectivity index is 1.54. The molecule has 4 rings (SSSR count). The van der Waals surface area contributed by atoms with E-state index < -0.39 is 0 Å². The average molecular weight is 335 g/mol. The van der Waals surface area contributed by atoms with Crippen LogP contribution in [0, 0.1) is 5.92 Å². The second-order valence-corrected chi connectivity index (χ2v) is 7.09. The van der Waals surface area contributed by atoms with Gasteiger partial charge in [-0.3, -0.25) is 4.90 Å². The van der Waals surface area contributed by atoms with Crippen molar-refractivity contribution in [3.63, 3.8) is 0 Å². The van der Waals surface area contributed by atoms with E-state index in [0.717, 1.165) is 31.0 Å². The molecule has 1 saturated heterocycles. The molecule has 2 aromatic heterocycles. The lowest BCUT2D eigenvalue weighted by Crippen LogP contribution is -2.51. The van der Waals surface area contributed by atoms with E-state index in [-0.39, 0.29) is 0 Å². The maximum absolute atomic E-state index is 4.57. The van der Waals surface area contributed by atoms with Crippen molar-refractivity contribution in [2.24, 2.45) is 5.92 Å². The number of likely N-dealkylation sites (N-methyl/N-ethyl adjacent to an activating group) is 1. The minimum atomic E-state index is 0.450. The van der Waals surface area contributed by atoms with Crippen LogP contribution in [0.5, 0.6) is 0 Å². The average Bonchev–Trinajstić information content (AvgIpc) is 3.12. The third-order valence-corrected chi connectivity index (χ3v) is 5.40. The molecule has 5 heteroatoms. The molecule has 3 heterocycles. The largest absolute Gasteiger partial charge is 0.353 e. The van der Waals surface area contributed by atoms with Crippen molar-refractivity contribution >= 4 is 11.3 Å². The van der Waals surface area contributed by atoms with Crippen molar-refractivity contribution in [3.8, 4) is 0 Å². The first-order chi connectivity index (χ1) is 12.2. The maximum atomic E-state index is 4.57. The molecule has 0 bridgehead atoms. The van der Waals surface area contributed by atoms with Gasteiger partial charge in [-0.25, -0.2) is 9.50 Å². The van der Waals surface area contributed by atoms with Crippen LogP contribution in [0.15, 0.2) is 55.0 Å². The molecule has 0 saturated carbocycles. The lowest BCUT2D eigenvalue weighted by molar-refractivity contribution is 0.159. The Kier molecular flexibility index (Phi) is 4.40. The Hall–Kier alpha value is -2.40. The van der Waals surface area contributed by atoms with E-state index in [4.69, 9.17) is 0 Å². The molecule has 0 radical (unpaired) electrons. The third kappa shape index (κ3) is 3.24. The number of nitrogens with zero attached hydrogens (tertiary/aromatic N) is 5. The van der Waals surface area contributed by atoms with Crippen molar-refractivity contribution < 1.29 is 0 Å². The molecule has 0 amide bonds. The van der Waals surface area contributed by atoms with E-state index in [0.29, 0.717) is 12.0 Å². The Morgan fingerprint density at radius 2 is 2.00 bits per heavy atom. The summed E-state index contributed by atoms with van der Waals surface area (Å²) in [5.74, 6) is 1.65. The number of piperidine rings is 1. The van der Waals surface area contributed by atoms with Gasteiger partial charge in [-0.1, -0.05) is 37.3 Å². The molecule has 3 aromatic rings. The molecular weight excluding hydrogens is 310 g/mol. The van der Waals surface area contributed by atoms with Crippen molar-refractivity contribution in [1.82, 2.24) is 19.5 Å². The van der Waals surface area contributed by atoms with E-state index in [9.17, 15) is 0 Å². The van der Waals surface area contributed by atoms with Gasteiger partial charge in [0.25, 0.3) is 0 Å². The summed E-state index contributed by atoms with van der Waals surface area (Å²) in [6.07, 6.45) is 4.83. The van der Waals surface area contributed by atoms with Gasteiger partial charge in [0, 0.05) is 32.4 Å². The molecule has 0 N–H and O–H groups in total. The first-order valence-corrected chi connectivity index (χ1v) is 9.00. The molecule has 25 heavy (non-hydrogen) atoms. The van der Waals surface area contributed by atoms with Crippen molar-refractivity contribution in [2.45, 2.75) is 25.9 Å². The molecule has 1 aromatic carbocycles. The lowest BCUT2D eigenvalue weighted by Gasteiger charge is -2.42. The van der Waals surface area contributed by atoms with Gasteiger partial charge in [-0.2, -0.15) is 5.10 Å². The zero-order chi connectivity index (χ0) is 17.2. The summed E-state index contributed by atoms with van der Waals surface area (Å²) in [7, 11) is 2.17. The zero-order valence-corrected chi connectivity index (χ0v) is 14.9. The van der Waals surface area contributed by atoms with Crippen molar-refractivity contribution in [3.05, 3.63) is 60.6 Å². The minimum absolute atomic E-state index is 0.450. The molecule has 1 aliphatic rings. The summed E-state index contributed by atoms with van der Waals surface area (Å²) >= 11 is 0. The van der Waals surface area contributed by atoms with E-state index >= 15 is 0 Å². The fourth-order valence-electron chi connectivity index (χ4n) is 3.88. The third-order valence-electron chi connectivity index (χ3n) is 5.40. The Morgan fingerprint density at radius 3 is 2.84 bits per heavy atom. The fourth-order valence-corrected chi connectivity index (χ4v) is 3.88. The molecule has 2 atom stereocenters. The van der Waals surface area contributed by atoms with E-state index in [1.54, 1.807) is 6.33 Å². The van der Waals surface area contributed by atoms with Gasteiger partial charge < -0.3 is 4.90 Å². The molecular formula is C20H25N5. The Morgan fingerprint density at radius 1 is 1.16 bits per heavy atom. The van der Waals surface area contributed by atoms with Gasteiger partial charge in [-0.05, 0) is 36.6 Å². The van der Waals surface area contributed by atoms with Gasteiger partial charge >= 0.3 is 0 Å². The summed E-state index contributed by atoms with van der Waals surface area (Å²) in [6, 6.07) is 15.3. The van der Waals surface area contributed by atoms with Crippen LogP contribution in [0.2, 0.25) is 0 Å². The van der Waals surface area contributed by atoms with E-state index in [1.807, 2.05) is 16.8 Å². The predicted octanol–water partition coefficient (Wildman–Crippen LogP) is 3.08. The van der Waals surface area contributed by atoms with Gasteiger partial charge in [0.05, 0.1) is 0 Å². The SMILES string of the molecule is C[C@@H]1CCN(Cc2ccccc2)C[C@@H]1N(C)c1ncnn2cccc12. The van der Waals surface area contributed by atoms with Gasteiger partial charge in [-0.15, -0.1) is 0 Å². The molecule has 0 aliphatic carbocycles. The maximum Gasteiger partial charge on any atom is 0.156 e. The first-order valence-electron chi connectivity index (χ1n) is 9.00. The molecule has 0 spiro atoms. The number of hydrogen-bond donors (Lipinski definition) is 0. The van der Waals surface area contributed by atoms with Crippen LogP contribution in [0.25, 0.3) is 5.52 Å². The summed E-state index contributed by atoms with van der Waals surface area (Å²) in [5.41, 5.74) is 2.45. The lowest BCUT2D eigenvalue weighted by atomic mass is 9.92. The number of rotatable bonds is 4. The molecule has 5 nitrogen and oxygen atoms in total. The Bertz CT molecular complexity index is 828. The second-order valence-electron chi connectivity index (χ2n) is 7.09. The molecule has 0 unspecified atom stereocenters. The summed E-state index contributed by atoms with van der Waals surface area (Å²) in [4.78, 5) is 9.48. The number of anilines is 1. The number of likely N-dealkylation sites (tertiary alicyclic amines) is 1. The highest BCUT2D eigenvalue weighted by Gasteiger charge is 2.30. The van der Waals surface area contributed by atoms with Crippen LogP contribution in [0.1, 0.15) is 18.9 Å². The van der Waals surface area contributed by atoms with Crippen molar-refractivity contribution in [2.75, 3.05) is 25.0 Å². The molecule has 1 fully saturated rings. The van der Waals surface area contributed by atoms with Gasteiger partial charge in [0.15, 0.2) is 5.82 Å². The number of fused-ring (bicyclic) bond motifs is 1. The van der Waals surface area contributed by atoms with Crippen LogP contribution in [-0.2, 0) is 6.54 Å². The number of benzene rings is 1. The highest BCUT2D eigenvalue weighted by atomic mass is 15.3. The van der Waals surface area contributed by atoms with Crippen LogP contribution in [0.4, 0.5) is 5.82 Å².